The van der Waals surface area contributed by atoms with E-state index < -0.39 is 139 Å². The quantitative estimate of drug-likeness (QED) is 0.0444. The van der Waals surface area contributed by atoms with E-state index in [0.29, 0.717) is 4.90 Å². The van der Waals surface area contributed by atoms with Crippen molar-refractivity contribution in [2.45, 2.75) is 78.9 Å². The van der Waals surface area contributed by atoms with E-state index in [9.17, 15) is 43.2 Å². The number of imide groups is 1. The van der Waals surface area contributed by atoms with Crippen LogP contribution in [0.5, 0.6) is 0 Å². The Morgan fingerprint density at radius 1 is 0.494 bits per heavy atom. The molecule has 21 nitrogen and oxygen atoms in total. The molecule has 0 bridgehead atoms. The molecular weight excluding hydrogens is 1100 g/mol. The van der Waals surface area contributed by atoms with Crippen molar-refractivity contribution in [3.05, 3.63) is 179 Å². The lowest BCUT2D eigenvalue weighted by molar-refractivity contribution is -0.332. The molecule has 5 aromatic rings. The molecule has 5 aromatic carbocycles. The van der Waals surface area contributed by atoms with E-state index in [1.807, 2.05) is 0 Å². The highest BCUT2D eigenvalue weighted by Gasteiger charge is 2.61. The van der Waals surface area contributed by atoms with Crippen LogP contribution in [0.15, 0.2) is 146 Å². The van der Waals surface area contributed by atoms with Crippen molar-refractivity contribution in [2.75, 3.05) is 19.8 Å². The number of nitrogens with zero attached hydrogens (tertiary/aromatic N) is 1. The number of fused-ring (bicyclic) bond motifs is 1. The highest BCUT2D eigenvalue weighted by Crippen LogP contribution is 2.39. The summed E-state index contributed by atoms with van der Waals surface area (Å²) < 4.78 is 58.2. The minimum absolute atomic E-state index is 0.0182. The van der Waals surface area contributed by atoms with Crippen molar-refractivity contribution in [3.63, 3.8) is 0 Å². The zero-order valence-corrected chi connectivity index (χ0v) is 43.9. The second kappa shape index (κ2) is 25.7. The van der Waals surface area contributed by atoms with Crippen LogP contribution in [-0.4, -0.2) is 144 Å². The molecule has 0 spiro atoms. The van der Waals surface area contributed by atoms with Crippen molar-refractivity contribution >= 4 is 88.5 Å². The average Bonchev–Trinajstić information content (AvgIpc) is 4.01. The van der Waals surface area contributed by atoms with Crippen LogP contribution in [0, 0.1) is 0 Å². The molecule has 3 heterocycles. The Morgan fingerprint density at radius 2 is 0.911 bits per heavy atom. The van der Waals surface area contributed by atoms with Gasteiger partial charge in [-0.25, -0.2) is 24.0 Å². The predicted octanol–water partition coefficient (Wildman–Crippen LogP) is 6.61. The number of hydrogen-bond acceptors (Lipinski definition) is 19. The Balaban J connectivity index is 1.32. The zero-order chi connectivity index (χ0) is 56.4. The third-order valence-corrected chi connectivity index (χ3v) is 12.5. The molecule has 2 saturated heterocycles. The van der Waals surface area contributed by atoms with Crippen LogP contribution in [0.1, 0.15) is 76.0 Å². The number of benzene rings is 5. The largest absolute Gasteiger partial charge is 0.463 e. The fourth-order valence-electron chi connectivity index (χ4n) is 8.72. The van der Waals surface area contributed by atoms with Crippen molar-refractivity contribution in [1.29, 1.82) is 0 Å². The number of nitrogens with one attached hydrogen (secondary N) is 1. The Hall–Kier alpha value is -7.92. The fourth-order valence-corrected chi connectivity index (χ4v) is 8.88. The molecular formula is C55H47Cl3N2O19. The molecule has 2 fully saturated rings. The molecule has 8 rings (SSSR count). The van der Waals surface area contributed by atoms with Crippen LogP contribution in [0.25, 0.3) is 0 Å². The SMILES string of the molecule is CC(=O)OC[C@H]1OC(OC(C)=O)[C@H](NC(=O)OCC(Cl)(Cl)Cl)[C@@H](OC(=O)c2ccccc2)[C@@H]1O[C@@H]1O[C@H](COC(=O)c2ccccc2)[C@@H](OC(=O)c2ccccc2)[C@H](OC(=O)c2ccccc2)[C@H]1N1C(=O)c2ccccc2C1=O. The molecule has 0 aliphatic carbocycles. The normalized spacial score (nSPS) is 23.5. The van der Waals surface area contributed by atoms with Crippen LogP contribution in [0.2, 0.25) is 0 Å². The smallest absolute Gasteiger partial charge is 0.407 e. The van der Waals surface area contributed by atoms with Crippen LogP contribution < -0.4 is 5.32 Å². The molecule has 0 aromatic heterocycles. The molecule has 79 heavy (non-hydrogen) atoms. The average molecular weight is 1150 g/mol. The maximum Gasteiger partial charge on any atom is 0.407 e. The molecule has 24 heteroatoms. The molecule has 412 valence electrons. The van der Waals surface area contributed by atoms with Crippen LogP contribution in [0.4, 0.5) is 4.79 Å². The Labute approximate surface area is 465 Å². The number of amides is 3. The lowest BCUT2D eigenvalue weighted by Gasteiger charge is -2.50. The van der Waals surface area contributed by atoms with Gasteiger partial charge in [0.05, 0.1) is 33.4 Å². The van der Waals surface area contributed by atoms with E-state index in [2.05, 4.69) is 5.32 Å². The van der Waals surface area contributed by atoms with Crippen molar-refractivity contribution in [2.24, 2.45) is 0 Å². The first-order valence-electron chi connectivity index (χ1n) is 24.1. The minimum atomic E-state index is -2.20. The van der Waals surface area contributed by atoms with Gasteiger partial charge in [0.25, 0.3) is 11.8 Å². The van der Waals surface area contributed by atoms with E-state index in [4.69, 9.17) is 82.2 Å². The molecule has 1 N–H and O–H groups in total. The van der Waals surface area contributed by atoms with Gasteiger partial charge in [-0.05, 0) is 60.7 Å². The van der Waals surface area contributed by atoms with Gasteiger partial charge in [-0.1, -0.05) is 120 Å². The number of carbonyl (C=O) groups is 9. The first-order valence-corrected chi connectivity index (χ1v) is 25.2. The zero-order valence-electron chi connectivity index (χ0n) is 41.6. The number of alkyl halides is 3. The topological polar surface area (TPSA) is 261 Å². The molecule has 3 aliphatic rings. The highest BCUT2D eigenvalue weighted by atomic mass is 35.6. The summed E-state index contributed by atoms with van der Waals surface area (Å²) in [6.45, 7) is -0.430. The van der Waals surface area contributed by atoms with E-state index in [1.165, 1.54) is 97.1 Å². The second-order valence-electron chi connectivity index (χ2n) is 17.6. The molecule has 10 atom stereocenters. The van der Waals surface area contributed by atoms with Gasteiger partial charge in [-0.3, -0.25) is 24.1 Å². The van der Waals surface area contributed by atoms with Crippen LogP contribution >= 0.6 is 34.8 Å². The Morgan fingerprint density at radius 3 is 1.38 bits per heavy atom. The monoisotopic (exact) mass is 1140 g/mol. The third-order valence-electron chi connectivity index (χ3n) is 12.2. The lowest BCUT2D eigenvalue weighted by atomic mass is 9.93. The van der Waals surface area contributed by atoms with Crippen molar-refractivity contribution in [1.82, 2.24) is 10.2 Å². The van der Waals surface area contributed by atoms with E-state index in [1.54, 1.807) is 48.5 Å². The van der Waals surface area contributed by atoms with Gasteiger partial charge in [0, 0.05) is 13.8 Å². The molecule has 0 radical (unpaired) electrons. The van der Waals surface area contributed by atoms with Gasteiger partial charge in [-0.2, -0.15) is 0 Å². The van der Waals surface area contributed by atoms with Crippen molar-refractivity contribution < 1.29 is 90.5 Å². The minimum Gasteiger partial charge on any atom is -0.463 e. The summed E-state index contributed by atoms with van der Waals surface area (Å²) in [6, 6.07) is 31.8. The van der Waals surface area contributed by atoms with Gasteiger partial charge in [0.2, 0.25) is 10.1 Å². The second-order valence-corrected chi connectivity index (χ2v) is 20.2. The van der Waals surface area contributed by atoms with Gasteiger partial charge in [0.1, 0.15) is 50.2 Å². The Kier molecular flexibility index (Phi) is 18.6. The summed E-state index contributed by atoms with van der Waals surface area (Å²) in [4.78, 5) is 126. The summed E-state index contributed by atoms with van der Waals surface area (Å²) in [5.74, 6) is -7.97. The first-order chi connectivity index (χ1) is 37.9. The summed E-state index contributed by atoms with van der Waals surface area (Å²) in [5.41, 5.74) is -0.322. The molecule has 1 unspecified atom stereocenters. The maximum absolute atomic E-state index is 14.9. The van der Waals surface area contributed by atoms with Crippen LogP contribution in [-0.2, 0) is 57.0 Å². The van der Waals surface area contributed by atoms with E-state index in [-0.39, 0.29) is 33.4 Å². The number of esters is 6. The summed E-state index contributed by atoms with van der Waals surface area (Å²) in [7, 11) is 0. The van der Waals surface area contributed by atoms with E-state index >= 15 is 0 Å². The summed E-state index contributed by atoms with van der Waals surface area (Å²) in [5, 5.41) is 2.41. The first kappa shape index (κ1) is 57.3. The van der Waals surface area contributed by atoms with Gasteiger partial charge >= 0.3 is 41.9 Å². The van der Waals surface area contributed by atoms with Gasteiger partial charge in [0.15, 0.2) is 24.6 Å². The van der Waals surface area contributed by atoms with Gasteiger partial charge in [-0.15, -0.1) is 0 Å². The maximum atomic E-state index is 14.9. The lowest BCUT2D eigenvalue weighted by Crippen LogP contribution is -2.71. The third kappa shape index (κ3) is 14.2. The number of carbonyl (C=O) groups excluding carboxylic acids is 9. The molecule has 0 saturated carbocycles. The Bertz CT molecular complexity index is 3010. The fraction of sp³-hybridized carbons (Fsp3) is 0.291. The standard InChI is InChI=1S/C55H47Cl3N2O19/c1-30(61)70-27-38-42(44(77-50(67)34-21-11-5-12-22-34)40(52(74-38)73-31(2)62)59-54(69)72-29-55(56,57)58)79-53-41(60-46(63)36-25-15-16-26-37(36)47(60)64)45(78-51(68)35-23-13-6-14-24-35)43(76-49(66)33-19-9-4-10-20-33)39(75-53)28-71-48(65)32-17-7-3-8-18-32/h3-26,38-45,52-53H,27-29H2,1-2H3,(H,59,69)/t38-,39-,40-,41-,42-,43-,44-,45-,52?,53+/m1/s1. The predicted molar refractivity (Wildman–Crippen MR) is 274 cm³/mol. The number of hydrogen-bond donors (Lipinski definition) is 1. The van der Waals surface area contributed by atoms with Crippen molar-refractivity contribution in [3.8, 4) is 0 Å². The number of ether oxygens (including phenoxy) is 10. The van der Waals surface area contributed by atoms with E-state index in [0.717, 1.165) is 13.8 Å². The number of halogens is 3. The molecule has 3 aliphatic heterocycles. The number of rotatable bonds is 17. The molecule has 3 amide bonds. The van der Waals surface area contributed by atoms with Crippen LogP contribution in [0.3, 0.4) is 0 Å². The highest BCUT2D eigenvalue weighted by molar-refractivity contribution is 6.67. The summed E-state index contributed by atoms with van der Waals surface area (Å²) >= 11 is 17.7. The van der Waals surface area contributed by atoms with Gasteiger partial charge < -0.3 is 52.7 Å². The number of alkyl carbamates (subject to hydrolysis) is 1. The summed E-state index contributed by atoms with van der Waals surface area (Å²) in [6.07, 6.45) is -16.9.